The largest absolute Gasteiger partial charge is 0.370 e. The minimum atomic E-state index is 0.0333. The summed E-state index contributed by atoms with van der Waals surface area (Å²) in [4.78, 5) is 17.4. The summed E-state index contributed by atoms with van der Waals surface area (Å²) in [6.07, 6.45) is 1.74. The molecule has 0 N–H and O–H groups in total. The van der Waals surface area contributed by atoms with Crippen LogP contribution in [-0.2, 0) is 16.1 Å². The molecule has 0 aliphatic carbocycles. The second-order valence-corrected chi connectivity index (χ2v) is 4.25. The molecular weight excluding hydrogens is 260 g/mol. The summed E-state index contributed by atoms with van der Waals surface area (Å²) in [7, 11) is 0. The summed E-state index contributed by atoms with van der Waals surface area (Å²) >= 11 is 3.32. The van der Waals surface area contributed by atoms with Crippen LogP contribution in [0.3, 0.4) is 0 Å². The fraction of sp³-hybridized carbons (Fsp3) is 0.400. The first-order valence-corrected chi connectivity index (χ1v) is 5.51. The first kappa shape index (κ1) is 10.6. The van der Waals surface area contributed by atoms with E-state index >= 15 is 0 Å². The molecule has 0 saturated carbocycles. The van der Waals surface area contributed by atoms with Crippen molar-refractivity contribution in [2.75, 3.05) is 19.8 Å². The van der Waals surface area contributed by atoms with Crippen LogP contribution in [0.1, 0.15) is 5.69 Å². The summed E-state index contributed by atoms with van der Waals surface area (Å²) in [6.45, 7) is 2.02. The molecule has 0 bridgehead atoms. The van der Waals surface area contributed by atoms with Crippen molar-refractivity contribution in [3.05, 3.63) is 28.5 Å². The average Bonchev–Trinajstić information content (AvgIpc) is 2.25. The van der Waals surface area contributed by atoms with Gasteiger partial charge in [-0.3, -0.25) is 9.78 Å². The van der Waals surface area contributed by atoms with Gasteiger partial charge in [-0.2, -0.15) is 0 Å². The lowest BCUT2D eigenvalue weighted by Crippen LogP contribution is -2.41. The molecule has 4 nitrogen and oxygen atoms in total. The van der Waals surface area contributed by atoms with E-state index in [0.717, 1.165) is 10.2 Å². The van der Waals surface area contributed by atoms with Crippen molar-refractivity contribution in [2.24, 2.45) is 0 Å². The molecule has 2 rings (SSSR count). The quantitative estimate of drug-likeness (QED) is 0.811. The van der Waals surface area contributed by atoms with E-state index in [1.54, 1.807) is 11.1 Å². The highest BCUT2D eigenvalue weighted by atomic mass is 79.9. The molecular formula is C10H11BrN2O2. The van der Waals surface area contributed by atoms with Gasteiger partial charge < -0.3 is 9.64 Å². The molecule has 0 spiro atoms. The van der Waals surface area contributed by atoms with Crippen LogP contribution in [0.25, 0.3) is 0 Å². The third-order valence-electron chi connectivity index (χ3n) is 2.23. The lowest BCUT2D eigenvalue weighted by molar-refractivity contribution is -0.143. The zero-order chi connectivity index (χ0) is 10.7. The van der Waals surface area contributed by atoms with E-state index in [0.29, 0.717) is 19.7 Å². The van der Waals surface area contributed by atoms with E-state index in [4.69, 9.17) is 4.74 Å². The summed E-state index contributed by atoms with van der Waals surface area (Å²) in [6, 6.07) is 3.83. The highest BCUT2D eigenvalue weighted by molar-refractivity contribution is 9.10. The van der Waals surface area contributed by atoms with Crippen LogP contribution in [0, 0.1) is 0 Å². The minimum Gasteiger partial charge on any atom is -0.370 e. The Morgan fingerprint density at radius 2 is 2.40 bits per heavy atom. The Labute approximate surface area is 96.4 Å². The number of hydrogen-bond acceptors (Lipinski definition) is 3. The van der Waals surface area contributed by atoms with Crippen molar-refractivity contribution >= 4 is 21.8 Å². The van der Waals surface area contributed by atoms with Gasteiger partial charge in [-0.1, -0.05) is 0 Å². The topological polar surface area (TPSA) is 42.4 Å². The number of rotatable bonds is 2. The number of nitrogens with zero attached hydrogens (tertiary/aromatic N) is 2. The Hall–Kier alpha value is -0.940. The zero-order valence-corrected chi connectivity index (χ0v) is 9.74. The highest BCUT2D eigenvalue weighted by Gasteiger charge is 2.18. The van der Waals surface area contributed by atoms with Gasteiger partial charge in [-0.15, -0.1) is 0 Å². The van der Waals surface area contributed by atoms with Crippen LogP contribution in [0.2, 0.25) is 0 Å². The molecule has 0 unspecified atom stereocenters. The van der Waals surface area contributed by atoms with E-state index in [-0.39, 0.29) is 12.5 Å². The molecule has 0 radical (unpaired) electrons. The minimum absolute atomic E-state index is 0.0333. The van der Waals surface area contributed by atoms with Gasteiger partial charge in [0, 0.05) is 17.2 Å². The smallest absolute Gasteiger partial charge is 0.248 e. The van der Waals surface area contributed by atoms with Crippen molar-refractivity contribution in [3.8, 4) is 0 Å². The average molecular weight is 271 g/mol. The van der Waals surface area contributed by atoms with E-state index in [1.165, 1.54) is 0 Å². The molecule has 5 heteroatoms. The maximum atomic E-state index is 11.4. The Kier molecular flexibility index (Phi) is 3.33. The van der Waals surface area contributed by atoms with E-state index in [9.17, 15) is 4.79 Å². The summed E-state index contributed by atoms with van der Waals surface area (Å²) in [5, 5.41) is 0. The number of hydrogen-bond donors (Lipinski definition) is 0. The lowest BCUT2D eigenvalue weighted by atomic mass is 10.3. The number of aromatic nitrogens is 1. The van der Waals surface area contributed by atoms with Crippen molar-refractivity contribution in [1.29, 1.82) is 0 Å². The summed E-state index contributed by atoms with van der Waals surface area (Å²) < 4.78 is 5.99. The van der Waals surface area contributed by atoms with Crippen LogP contribution in [-0.4, -0.2) is 35.5 Å². The molecule has 1 aliphatic heterocycles. The fourth-order valence-electron chi connectivity index (χ4n) is 1.41. The molecule has 0 atom stereocenters. The van der Waals surface area contributed by atoms with Gasteiger partial charge in [0.25, 0.3) is 0 Å². The molecule has 2 heterocycles. The maximum Gasteiger partial charge on any atom is 0.248 e. The Bertz CT molecular complexity index is 353. The first-order chi connectivity index (χ1) is 7.25. The van der Waals surface area contributed by atoms with Gasteiger partial charge in [0.15, 0.2) is 0 Å². The normalized spacial score (nSPS) is 16.9. The number of amides is 1. The van der Waals surface area contributed by atoms with Gasteiger partial charge in [0.1, 0.15) is 6.61 Å². The van der Waals surface area contributed by atoms with Crippen molar-refractivity contribution < 1.29 is 9.53 Å². The number of halogens is 1. The van der Waals surface area contributed by atoms with Crippen LogP contribution in [0.5, 0.6) is 0 Å². The number of carbonyl (C=O) groups excluding carboxylic acids is 1. The van der Waals surface area contributed by atoms with Crippen LogP contribution < -0.4 is 0 Å². The molecule has 1 saturated heterocycles. The van der Waals surface area contributed by atoms with Crippen LogP contribution in [0.4, 0.5) is 0 Å². The molecule has 15 heavy (non-hydrogen) atoms. The Balaban J connectivity index is 2.01. The molecule has 1 amide bonds. The number of morpholine rings is 1. The first-order valence-electron chi connectivity index (χ1n) is 4.71. The number of carbonyl (C=O) groups is 1. The van der Waals surface area contributed by atoms with Gasteiger partial charge >= 0.3 is 0 Å². The second-order valence-electron chi connectivity index (χ2n) is 3.34. The second kappa shape index (κ2) is 4.72. The highest BCUT2D eigenvalue weighted by Crippen LogP contribution is 2.10. The Morgan fingerprint density at radius 3 is 3.07 bits per heavy atom. The standard InChI is InChI=1S/C10H11BrN2O2/c11-8-1-2-9(12-5-8)6-13-3-4-15-7-10(13)14/h1-2,5H,3-4,6-7H2. The van der Waals surface area contributed by atoms with Crippen molar-refractivity contribution in [3.63, 3.8) is 0 Å². The van der Waals surface area contributed by atoms with Crippen molar-refractivity contribution in [1.82, 2.24) is 9.88 Å². The van der Waals surface area contributed by atoms with Gasteiger partial charge in [0.2, 0.25) is 5.91 Å². The van der Waals surface area contributed by atoms with Gasteiger partial charge in [-0.05, 0) is 28.1 Å². The van der Waals surface area contributed by atoms with Crippen molar-refractivity contribution in [2.45, 2.75) is 6.54 Å². The number of pyridine rings is 1. The molecule has 0 aromatic carbocycles. The lowest BCUT2D eigenvalue weighted by Gasteiger charge is -2.26. The van der Waals surface area contributed by atoms with Crippen LogP contribution in [0.15, 0.2) is 22.8 Å². The Morgan fingerprint density at radius 1 is 1.53 bits per heavy atom. The predicted octanol–water partition coefficient (Wildman–Crippen LogP) is 1.20. The number of ether oxygens (including phenoxy) is 1. The van der Waals surface area contributed by atoms with E-state index in [2.05, 4.69) is 20.9 Å². The predicted molar refractivity (Wildman–Crippen MR) is 58.2 cm³/mol. The van der Waals surface area contributed by atoms with E-state index in [1.807, 2.05) is 12.1 Å². The zero-order valence-electron chi connectivity index (χ0n) is 8.15. The maximum absolute atomic E-state index is 11.4. The fourth-order valence-corrected chi connectivity index (χ4v) is 1.65. The molecule has 1 aromatic rings. The van der Waals surface area contributed by atoms with Gasteiger partial charge in [0.05, 0.1) is 18.8 Å². The summed E-state index contributed by atoms with van der Waals surface area (Å²) in [5.74, 6) is 0.0333. The molecule has 80 valence electrons. The third kappa shape index (κ3) is 2.76. The van der Waals surface area contributed by atoms with E-state index < -0.39 is 0 Å². The van der Waals surface area contributed by atoms with Crippen LogP contribution >= 0.6 is 15.9 Å². The molecule has 1 fully saturated rings. The third-order valence-corrected chi connectivity index (χ3v) is 2.69. The molecule has 1 aliphatic rings. The molecule has 1 aromatic heterocycles. The monoisotopic (exact) mass is 270 g/mol. The SMILES string of the molecule is O=C1COCCN1Cc1ccc(Br)cn1. The summed E-state index contributed by atoms with van der Waals surface area (Å²) in [5.41, 5.74) is 0.897. The van der Waals surface area contributed by atoms with Gasteiger partial charge in [-0.25, -0.2) is 0 Å².